The van der Waals surface area contributed by atoms with Gasteiger partial charge in [-0.2, -0.15) is 23.5 Å². The molecule has 1 aromatic heterocycles. The molecule has 0 aliphatic carbocycles. The summed E-state index contributed by atoms with van der Waals surface area (Å²) in [7, 11) is 0. The zero-order valence-corrected chi connectivity index (χ0v) is 17.7. The average Bonchev–Trinajstić information content (AvgIpc) is 3.14. The van der Waals surface area contributed by atoms with Crippen LogP contribution in [0, 0.1) is 17.2 Å². The SMILES string of the molecule is CC(C)(C)OC(=O)N1CCC(Cn2cc(-c3ccc(C#N)cc3C(F)(F)F)cn2)CC1. The number of nitrogens with zero attached hydrogens (tertiary/aromatic N) is 4. The summed E-state index contributed by atoms with van der Waals surface area (Å²) in [5.41, 5.74) is -1.09. The Labute approximate surface area is 179 Å². The smallest absolute Gasteiger partial charge is 0.417 e. The standard InChI is InChI=1S/C22H25F3N4O2/c1-21(2,3)31-20(30)28-8-6-15(7-9-28)13-29-14-17(12-27-29)18-5-4-16(11-26)10-19(18)22(23,24)25/h4-5,10,12,14-15H,6-9,13H2,1-3H3. The van der Waals surface area contributed by atoms with Gasteiger partial charge in [0.15, 0.2) is 0 Å². The molecule has 1 aliphatic heterocycles. The fourth-order valence-corrected chi connectivity index (χ4v) is 3.59. The van der Waals surface area contributed by atoms with Gasteiger partial charge in [0.2, 0.25) is 0 Å². The van der Waals surface area contributed by atoms with Gasteiger partial charge in [-0.05, 0) is 57.2 Å². The Kier molecular flexibility index (Phi) is 6.30. The summed E-state index contributed by atoms with van der Waals surface area (Å²) in [5, 5.41) is 13.2. The van der Waals surface area contributed by atoms with Gasteiger partial charge >= 0.3 is 12.3 Å². The van der Waals surface area contributed by atoms with Crippen LogP contribution in [0.2, 0.25) is 0 Å². The minimum absolute atomic E-state index is 0.00232. The van der Waals surface area contributed by atoms with Crippen LogP contribution in [0.5, 0.6) is 0 Å². The van der Waals surface area contributed by atoms with Crippen LogP contribution >= 0.6 is 0 Å². The first-order valence-electron chi connectivity index (χ1n) is 10.1. The highest BCUT2D eigenvalue weighted by atomic mass is 19.4. The van der Waals surface area contributed by atoms with Crippen LogP contribution in [-0.2, 0) is 17.5 Å². The fraction of sp³-hybridized carbons (Fsp3) is 0.500. The molecule has 2 heterocycles. The molecule has 0 unspecified atom stereocenters. The summed E-state index contributed by atoms with van der Waals surface area (Å²) in [6, 6.07) is 5.28. The van der Waals surface area contributed by atoms with E-state index in [9.17, 15) is 18.0 Å². The Morgan fingerprint density at radius 1 is 1.26 bits per heavy atom. The molecule has 9 heteroatoms. The first-order chi connectivity index (χ1) is 14.5. The molecule has 0 spiro atoms. The second-order valence-electron chi connectivity index (χ2n) is 8.73. The van der Waals surface area contributed by atoms with Crippen molar-refractivity contribution in [1.82, 2.24) is 14.7 Å². The molecule has 1 fully saturated rings. The summed E-state index contributed by atoms with van der Waals surface area (Å²) in [6.45, 7) is 7.17. The van der Waals surface area contributed by atoms with Crippen LogP contribution < -0.4 is 0 Å². The minimum Gasteiger partial charge on any atom is -0.444 e. The van der Waals surface area contributed by atoms with Gasteiger partial charge in [0, 0.05) is 31.4 Å². The number of amides is 1. The van der Waals surface area contributed by atoms with Crippen molar-refractivity contribution in [3.63, 3.8) is 0 Å². The molecule has 0 saturated carbocycles. The number of nitriles is 1. The molecule has 1 amide bonds. The van der Waals surface area contributed by atoms with Gasteiger partial charge in [-0.1, -0.05) is 6.07 Å². The Balaban J connectivity index is 1.66. The number of carbonyl (C=O) groups excluding carboxylic acids is 1. The number of alkyl halides is 3. The summed E-state index contributed by atoms with van der Waals surface area (Å²) in [6.07, 6.45) is -0.367. The van der Waals surface area contributed by atoms with E-state index >= 15 is 0 Å². The number of halogens is 3. The van der Waals surface area contributed by atoms with E-state index in [-0.39, 0.29) is 23.1 Å². The third-order valence-electron chi connectivity index (χ3n) is 5.11. The van der Waals surface area contributed by atoms with Gasteiger partial charge in [0.1, 0.15) is 5.60 Å². The van der Waals surface area contributed by atoms with E-state index in [0.717, 1.165) is 18.9 Å². The van der Waals surface area contributed by atoms with Gasteiger partial charge in [-0.25, -0.2) is 4.79 Å². The summed E-state index contributed by atoms with van der Waals surface area (Å²) in [4.78, 5) is 13.9. The third kappa shape index (κ3) is 5.78. The van der Waals surface area contributed by atoms with Crippen molar-refractivity contribution >= 4 is 6.09 Å². The van der Waals surface area contributed by atoms with Crippen molar-refractivity contribution in [2.45, 2.75) is 51.9 Å². The molecule has 1 aliphatic rings. The number of rotatable bonds is 3. The lowest BCUT2D eigenvalue weighted by Crippen LogP contribution is -2.42. The number of piperidine rings is 1. The van der Waals surface area contributed by atoms with Crippen molar-refractivity contribution in [2.24, 2.45) is 5.92 Å². The number of hydrogen-bond donors (Lipinski definition) is 0. The maximum atomic E-state index is 13.5. The van der Waals surface area contributed by atoms with Crippen molar-refractivity contribution in [2.75, 3.05) is 13.1 Å². The Bertz CT molecular complexity index is 978. The molecule has 2 aromatic rings. The van der Waals surface area contributed by atoms with Crippen LogP contribution in [0.1, 0.15) is 44.7 Å². The van der Waals surface area contributed by atoms with E-state index < -0.39 is 17.3 Å². The van der Waals surface area contributed by atoms with E-state index in [0.29, 0.717) is 25.2 Å². The van der Waals surface area contributed by atoms with Crippen LogP contribution in [0.25, 0.3) is 11.1 Å². The molecule has 1 aromatic carbocycles. The highest BCUT2D eigenvalue weighted by Gasteiger charge is 2.34. The number of carbonyl (C=O) groups is 1. The van der Waals surface area contributed by atoms with Crippen molar-refractivity contribution in [3.05, 3.63) is 41.7 Å². The molecule has 1 saturated heterocycles. The molecule has 3 rings (SSSR count). The third-order valence-corrected chi connectivity index (χ3v) is 5.11. The zero-order chi connectivity index (χ0) is 22.8. The number of hydrogen-bond acceptors (Lipinski definition) is 4. The normalized spacial score (nSPS) is 15.6. The molecule has 166 valence electrons. The first kappa shape index (κ1) is 22.7. The Hall–Kier alpha value is -3.02. The second kappa shape index (κ2) is 8.61. The first-order valence-corrected chi connectivity index (χ1v) is 10.1. The molecule has 0 radical (unpaired) electrons. The predicted molar refractivity (Wildman–Crippen MR) is 108 cm³/mol. The van der Waals surface area contributed by atoms with Gasteiger partial charge in [0.05, 0.1) is 23.4 Å². The molecular formula is C22H25F3N4O2. The molecule has 6 nitrogen and oxygen atoms in total. The summed E-state index contributed by atoms with van der Waals surface area (Å²) >= 11 is 0. The fourth-order valence-electron chi connectivity index (χ4n) is 3.59. The molecular weight excluding hydrogens is 409 g/mol. The highest BCUT2D eigenvalue weighted by Crippen LogP contribution is 2.37. The van der Waals surface area contributed by atoms with E-state index in [1.165, 1.54) is 18.3 Å². The zero-order valence-electron chi connectivity index (χ0n) is 17.7. The monoisotopic (exact) mass is 434 g/mol. The number of ether oxygens (including phenoxy) is 1. The Morgan fingerprint density at radius 3 is 2.52 bits per heavy atom. The van der Waals surface area contributed by atoms with E-state index in [2.05, 4.69) is 5.10 Å². The van der Waals surface area contributed by atoms with Gasteiger partial charge in [-0.3, -0.25) is 4.68 Å². The minimum atomic E-state index is -4.57. The second-order valence-corrected chi connectivity index (χ2v) is 8.73. The summed E-state index contributed by atoms with van der Waals surface area (Å²) in [5.74, 6) is 0.259. The van der Waals surface area contributed by atoms with Crippen molar-refractivity contribution < 1.29 is 22.7 Å². The largest absolute Gasteiger partial charge is 0.444 e. The van der Waals surface area contributed by atoms with E-state index in [1.807, 2.05) is 20.8 Å². The molecule has 0 atom stereocenters. The van der Waals surface area contributed by atoms with Gasteiger partial charge < -0.3 is 9.64 Å². The van der Waals surface area contributed by atoms with Gasteiger partial charge in [0.25, 0.3) is 0 Å². The number of benzene rings is 1. The highest BCUT2D eigenvalue weighted by molar-refractivity contribution is 5.68. The van der Waals surface area contributed by atoms with Crippen molar-refractivity contribution in [1.29, 1.82) is 5.26 Å². The van der Waals surface area contributed by atoms with Gasteiger partial charge in [-0.15, -0.1) is 0 Å². The lowest BCUT2D eigenvalue weighted by atomic mass is 9.97. The van der Waals surface area contributed by atoms with E-state index in [1.54, 1.807) is 21.8 Å². The van der Waals surface area contributed by atoms with Crippen LogP contribution in [-0.4, -0.2) is 39.5 Å². The number of likely N-dealkylation sites (tertiary alicyclic amines) is 1. The molecule has 31 heavy (non-hydrogen) atoms. The van der Waals surface area contributed by atoms with Crippen LogP contribution in [0.4, 0.5) is 18.0 Å². The predicted octanol–water partition coefficient (Wildman–Crippen LogP) is 5.09. The quantitative estimate of drug-likeness (QED) is 0.675. The average molecular weight is 434 g/mol. The molecule has 0 bridgehead atoms. The maximum Gasteiger partial charge on any atom is 0.417 e. The van der Waals surface area contributed by atoms with Crippen LogP contribution in [0.15, 0.2) is 30.6 Å². The molecule has 0 N–H and O–H groups in total. The number of aromatic nitrogens is 2. The van der Waals surface area contributed by atoms with Crippen molar-refractivity contribution in [3.8, 4) is 17.2 Å². The van der Waals surface area contributed by atoms with Crippen LogP contribution in [0.3, 0.4) is 0 Å². The maximum absolute atomic E-state index is 13.5. The lowest BCUT2D eigenvalue weighted by molar-refractivity contribution is -0.137. The lowest BCUT2D eigenvalue weighted by Gasteiger charge is -2.33. The Morgan fingerprint density at radius 2 is 1.94 bits per heavy atom. The van der Waals surface area contributed by atoms with E-state index in [4.69, 9.17) is 10.00 Å². The topological polar surface area (TPSA) is 71.2 Å². The summed E-state index contributed by atoms with van der Waals surface area (Å²) < 4.78 is 47.4.